The van der Waals surface area contributed by atoms with Crippen molar-refractivity contribution in [3.63, 3.8) is 0 Å². The molecule has 0 aromatic rings. The molecule has 0 spiro atoms. The molecular formula is C14H22O. The quantitative estimate of drug-likeness (QED) is 0.379. The first kappa shape index (κ1) is 12.2. The molecule has 0 aromatic carbocycles. The standard InChI is InChI=1S/C14H22O/c1-12-9-10-13(14(12,2)3)8-6-4-5-7-11-15/h4,6,9,11,13H,5,7-8,10H2,1-3H3. The average molecular weight is 206 g/mol. The van der Waals surface area contributed by atoms with Crippen molar-refractivity contribution in [3.05, 3.63) is 23.8 Å². The number of carbonyl (C=O) groups is 1. The molecule has 1 aliphatic rings. The van der Waals surface area contributed by atoms with E-state index in [0.29, 0.717) is 11.8 Å². The topological polar surface area (TPSA) is 17.1 Å². The third kappa shape index (κ3) is 3.05. The molecule has 0 bridgehead atoms. The van der Waals surface area contributed by atoms with Crippen LogP contribution in [0, 0.1) is 11.3 Å². The van der Waals surface area contributed by atoms with Gasteiger partial charge >= 0.3 is 0 Å². The molecule has 0 radical (unpaired) electrons. The predicted molar refractivity (Wildman–Crippen MR) is 64.7 cm³/mol. The molecule has 1 heteroatoms. The first-order valence-electron chi connectivity index (χ1n) is 5.85. The van der Waals surface area contributed by atoms with Crippen molar-refractivity contribution >= 4 is 6.29 Å². The Morgan fingerprint density at radius 2 is 2.13 bits per heavy atom. The molecule has 0 aromatic heterocycles. The third-order valence-corrected chi connectivity index (χ3v) is 3.78. The lowest BCUT2D eigenvalue weighted by molar-refractivity contribution is -0.107. The lowest BCUT2D eigenvalue weighted by Crippen LogP contribution is -2.19. The number of rotatable bonds is 5. The van der Waals surface area contributed by atoms with Gasteiger partial charge in [-0.1, -0.05) is 37.6 Å². The summed E-state index contributed by atoms with van der Waals surface area (Å²) in [6, 6.07) is 0. The van der Waals surface area contributed by atoms with Crippen molar-refractivity contribution in [1.29, 1.82) is 0 Å². The van der Waals surface area contributed by atoms with Gasteiger partial charge in [-0.3, -0.25) is 0 Å². The van der Waals surface area contributed by atoms with Gasteiger partial charge in [0, 0.05) is 6.42 Å². The van der Waals surface area contributed by atoms with Crippen LogP contribution in [0.15, 0.2) is 23.8 Å². The molecule has 0 saturated heterocycles. The number of unbranched alkanes of at least 4 members (excludes halogenated alkanes) is 1. The highest BCUT2D eigenvalue weighted by Crippen LogP contribution is 2.44. The molecule has 1 unspecified atom stereocenters. The number of hydrogen-bond donors (Lipinski definition) is 0. The van der Waals surface area contributed by atoms with E-state index in [1.54, 1.807) is 0 Å². The van der Waals surface area contributed by atoms with E-state index in [9.17, 15) is 4.79 Å². The minimum absolute atomic E-state index is 0.356. The van der Waals surface area contributed by atoms with Crippen molar-refractivity contribution in [1.82, 2.24) is 0 Å². The fourth-order valence-electron chi connectivity index (χ4n) is 2.13. The molecule has 1 nitrogen and oxygen atoms in total. The van der Waals surface area contributed by atoms with E-state index in [4.69, 9.17) is 0 Å². The van der Waals surface area contributed by atoms with Crippen molar-refractivity contribution < 1.29 is 4.79 Å². The molecule has 1 atom stereocenters. The summed E-state index contributed by atoms with van der Waals surface area (Å²) in [5.74, 6) is 0.741. The normalized spacial score (nSPS) is 24.5. The van der Waals surface area contributed by atoms with Gasteiger partial charge in [-0.2, -0.15) is 0 Å². The molecule has 0 fully saturated rings. The van der Waals surface area contributed by atoms with E-state index in [-0.39, 0.29) is 0 Å². The van der Waals surface area contributed by atoms with E-state index < -0.39 is 0 Å². The van der Waals surface area contributed by atoms with Crippen molar-refractivity contribution in [3.8, 4) is 0 Å². The van der Waals surface area contributed by atoms with Gasteiger partial charge in [0.25, 0.3) is 0 Å². The smallest absolute Gasteiger partial charge is 0.120 e. The minimum atomic E-state index is 0.356. The number of aldehydes is 1. The van der Waals surface area contributed by atoms with Crippen LogP contribution < -0.4 is 0 Å². The Hall–Kier alpha value is -0.850. The summed E-state index contributed by atoms with van der Waals surface area (Å²) in [6.07, 6.45) is 11.6. The van der Waals surface area contributed by atoms with Gasteiger partial charge in [0.1, 0.15) is 6.29 Å². The summed E-state index contributed by atoms with van der Waals surface area (Å²) in [7, 11) is 0. The summed E-state index contributed by atoms with van der Waals surface area (Å²) in [5.41, 5.74) is 1.88. The van der Waals surface area contributed by atoms with E-state index in [1.807, 2.05) is 0 Å². The Kier molecular flexibility index (Phi) is 4.31. The minimum Gasteiger partial charge on any atom is -0.303 e. The van der Waals surface area contributed by atoms with E-state index >= 15 is 0 Å². The van der Waals surface area contributed by atoms with E-state index in [2.05, 4.69) is 39.0 Å². The maximum Gasteiger partial charge on any atom is 0.120 e. The molecule has 1 rings (SSSR count). The molecule has 15 heavy (non-hydrogen) atoms. The molecule has 0 saturated carbocycles. The molecular weight excluding hydrogens is 184 g/mol. The van der Waals surface area contributed by atoms with Crippen LogP contribution in [0.5, 0.6) is 0 Å². The Labute approximate surface area is 93.3 Å². The number of allylic oxidation sites excluding steroid dienone is 4. The maximum atomic E-state index is 10.1. The second-order valence-electron chi connectivity index (χ2n) is 4.99. The van der Waals surface area contributed by atoms with Crippen LogP contribution in [-0.2, 0) is 4.79 Å². The highest BCUT2D eigenvalue weighted by molar-refractivity contribution is 5.49. The zero-order valence-corrected chi connectivity index (χ0v) is 10.1. The third-order valence-electron chi connectivity index (χ3n) is 3.78. The highest BCUT2D eigenvalue weighted by Gasteiger charge is 2.33. The predicted octanol–water partition coefficient (Wildman–Crippen LogP) is 3.90. The monoisotopic (exact) mass is 206 g/mol. The molecule has 1 aliphatic carbocycles. The first-order valence-corrected chi connectivity index (χ1v) is 5.85. The average Bonchev–Trinajstić information content (AvgIpc) is 2.44. The van der Waals surface area contributed by atoms with Gasteiger partial charge in [0.2, 0.25) is 0 Å². The largest absolute Gasteiger partial charge is 0.303 e. The number of carbonyl (C=O) groups excluding carboxylic acids is 1. The van der Waals surface area contributed by atoms with E-state index in [1.165, 1.54) is 12.0 Å². The summed E-state index contributed by atoms with van der Waals surface area (Å²) < 4.78 is 0. The van der Waals surface area contributed by atoms with Crippen molar-refractivity contribution in [2.45, 2.75) is 46.5 Å². The van der Waals surface area contributed by atoms with Crippen LogP contribution in [-0.4, -0.2) is 6.29 Å². The molecule has 0 amide bonds. The summed E-state index contributed by atoms with van der Waals surface area (Å²) in [5, 5.41) is 0. The van der Waals surface area contributed by atoms with Gasteiger partial charge in [0.15, 0.2) is 0 Å². The second kappa shape index (κ2) is 5.29. The fraction of sp³-hybridized carbons (Fsp3) is 0.643. The van der Waals surface area contributed by atoms with Crippen LogP contribution in [0.3, 0.4) is 0 Å². The summed E-state index contributed by atoms with van der Waals surface area (Å²) in [6.45, 7) is 6.89. The zero-order valence-electron chi connectivity index (χ0n) is 10.1. The van der Waals surface area contributed by atoms with Crippen LogP contribution in [0.1, 0.15) is 46.5 Å². The Morgan fingerprint density at radius 1 is 1.40 bits per heavy atom. The van der Waals surface area contributed by atoms with Gasteiger partial charge in [-0.15, -0.1) is 0 Å². The Balaban J connectivity index is 2.35. The van der Waals surface area contributed by atoms with Crippen LogP contribution in [0.2, 0.25) is 0 Å². The Bertz CT molecular complexity index is 271. The van der Waals surface area contributed by atoms with Gasteiger partial charge in [-0.05, 0) is 37.5 Å². The summed E-state index contributed by atoms with van der Waals surface area (Å²) >= 11 is 0. The zero-order chi connectivity index (χ0) is 11.3. The number of hydrogen-bond acceptors (Lipinski definition) is 1. The van der Waals surface area contributed by atoms with Crippen molar-refractivity contribution in [2.24, 2.45) is 11.3 Å². The van der Waals surface area contributed by atoms with Gasteiger partial charge < -0.3 is 4.79 Å². The maximum absolute atomic E-state index is 10.1. The lowest BCUT2D eigenvalue weighted by Gasteiger charge is -2.28. The van der Waals surface area contributed by atoms with E-state index in [0.717, 1.165) is 25.0 Å². The Morgan fingerprint density at radius 3 is 2.67 bits per heavy atom. The molecule has 0 N–H and O–H groups in total. The van der Waals surface area contributed by atoms with Gasteiger partial charge in [-0.25, -0.2) is 0 Å². The van der Waals surface area contributed by atoms with Crippen LogP contribution >= 0.6 is 0 Å². The molecule has 0 aliphatic heterocycles. The first-order chi connectivity index (χ1) is 7.09. The molecule has 84 valence electrons. The summed E-state index contributed by atoms with van der Waals surface area (Å²) in [4.78, 5) is 10.1. The molecule has 0 heterocycles. The highest BCUT2D eigenvalue weighted by atomic mass is 16.1. The van der Waals surface area contributed by atoms with Crippen LogP contribution in [0.4, 0.5) is 0 Å². The van der Waals surface area contributed by atoms with Gasteiger partial charge in [0.05, 0.1) is 0 Å². The fourth-order valence-corrected chi connectivity index (χ4v) is 2.13. The van der Waals surface area contributed by atoms with Crippen LogP contribution in [0.25, 0.3) is 0 Å². The van der Waals surface area contributed by atoms with Crippen molar-refractivity contribution in [2.75, 3.05) is 0 Å². The SMILES string of the molecule is CC1=CCC(CC=CCCC=O)C1(C)C. The second-order valence-corrected chi connectivity index (χ2v) is 4.99. The lowest BCUT2D eigenvalue weighted by atomic mass is 9.76.